The summed E-state index contributed by atoms with van der Waals surface area (Å²) < 4.78 is 5.22. The number of alkyl carbamates (subject to hydrolysis) is 1. The number of carbonyl (C=O) groups excluding carboxylic acids is 2. The number of ether oxygens (including phenoxy) is 1. The van der Waals surface area contributed by atoms with E-state index in [-0.39, 0.29) is 17.4 Å². The highest BCUT2D eigenvalue weighted by Crippen LogP contribution is 2.35. The van der Waals surface area contributed by atoms with Crippen LogP contribution in [0.5, 0.6) is 0 Å². The lowest BCUT2D eigenvalue weighted by Crippen LogP contribution is -2.47. The maximum atomic E-state index is 11.7. The Morgan fingerprint density at radius 3 is 2.33 bits per heavy atom. The second-order valence-electron chi connectivity index (χ2n) is 6.40. The van der Waals surface area contributed by atoms with Crippen molar-refractivity contribution in [2.24, 2.45) is 5.92 Å². The van der Waals surface area contributed by atoms with E-state index in [0.29, 0.717) is 6.54 Å². The van der Waals surface area contributed by atoms with E-state index in [1.807, 2.05) is 20.8 Å². The number of amides is 2. The van der Waals surface area contributed by atoms with Crippen LogP contribution >= 0.6 is 0 Å². The van der Waals surface area contributed by atoms with Gasteiger partial charge >= 0.3 is 6.09 Å². The summed E-state index contributed by atoms with van der Waals surface area (Å²) in [5.74, 6) is 0.328. The fraction of sp³-hybridized carbons (Fsp3) is 0.846. The van der Waals surface area contributed by atoms with E-state index < -0.39 is 11.7 Å². The predicted octanol–water partition coefficient (Wildman–Crippen LogP) is 1.57. The van der Waals surface area contributed by atoms with Gasteiger partial charge in [0.2, 0.25) is 5.91 Å². The molecule has 2 rings (SSSR count). The van der Waals surface area contributed by atoms with Crippen LogP contribution in [0.2, 0.25) is 0 Å². The first-order valence-electron chi connectivity index (χ1n) is 6.59. The SMILES string of the molecule is CC(C)(C)OC(=O)NC1(CNC(=O)C2CC2)CC1. The van der Waals surface area contributed by atoms with E-state index in [4.69, 9.17) is 4.74 Å². The van der Waals surface area contributed by atoms with Gasteiger partial charge in [-0.05, 0) is 46.5 Å². The lowest BCUT2D eigenvalue weighted by Gasteiger charge is -2.23. The number of carbonyl (C=O) groups is 2. The summed E-state index contributed by atoms with van der Waals surface area (Å²) in [6.45, 7) is 6.02. The molecule has 2 saturated carbocycles. The zero-order valence-electron chi connectivity index (χ0n) is 11.3. The van der Waals surface area contributed by atoms with Crippen LogP contribution in [0.15, 0.2) is 0 Å². The zero-order valence-corrected chi connectivity index (χ0v) is 11.3. The van der Waals surface area contributed by atoms with Crippen LogP contribution < -0.4 is 10.6 Å². The molecule has 2 aliphatic carbocycles. The summed E-state index contributed by atoms with van der Waals surface area (Å²) in [4.78, 5) is 23.2. The number of hydrogen-bond acceptors (Lipinski definition) is 3. The second kappa shape index (κ2) is 4.44. The molecule has 102 valence electrons. The van der Waals surface area contributed by atoms with Crippen molar-refractivity contribution in [1.82, 2.24) is 10.6 Å². The van der Waals surface area contributed by atoms with Gasteiger partial charge in [0.1, 0.15) is 5.60 Å². The standard InChI is InChI=1S/C13H22N2O3/c1-12(2,3)18-11(17)15-13(6-7-13)8-14-10(16)9-4-5-9/h9H,4-8H2,1-3H3,(H,14,16)(H,15,17). The third-order valence-electron chi connectivity index (χ3n) is 3.17. The van der Waals surface area contributed by atoms with E-state index in [0.717, 1.165) is 25.7 Å². The smallest absolute Gasteiger partial charge is 0.408 e. The molecule has 0 aromatic heterocycles. The minimum atomic E-state index is -0.489. The van der Waals surface area contributed by atoms with Gasteiger partial charge in [-0.25, -0.2) is 4.79 Å². The van der Waals surface area contributed by atoms with Crippen LogP contribution in [-0.4, -0.2) is 29.7 Å². The van der Waals surface area contributed by atoms with Crippen molar-refractivity contribution < 1.29 is 14.3 Å². The van der Waals surface area contributed by atoms with Crippen LogP contribution in [0.25, 0.3) is 0 Å². The summed E-state index contributed by atoms with van der Waals surface area (Å²) in [7, 11) is 0. The van der Waals surface area contributed by atoms with Crippen molar-refractivity contribution in [2.75, 3.05) is 6.54 Å². The molecule has 0 heterocycles. The second-order valence-corrected chi connectivity index (χ2v) is 6.40. The lowest BCUT2D eigenvalue weighted by molar-refractivity contribution is -0.122. The van der Waals surface area contributed by atoms with Crippen LogP contribution in [0, 0.1) is 5.92 Å². The fourth-order valence-electron chi connectivity index (χ4n) is 1.76. The molecule has 2 N–H and O–H groups in total. The molecule has 5 nitrogen and oxygen atoms in total. The number of hydrogen-bond donors (Lipinski definition) is 2. The molecular formula is C13H22N2O3. The average Bonchev–Trinajstić information content (AvgIpc) is 3.06. The number of nitrogens with one attached hydrogen (secondary N) is 2. The Hall–Kier alpha value is -1.26. The normalized spacial score (nSPS) is 21.1. The number of rotatable bonds is 4. The minimum absolute atomic E-state index is 0.118. The highest BCUT2D eigenvalue weighted by atomic mass is 16.6. The van der Waals surface area contributed by atoms with Crippen molar-refractivity contribution in [1.29, 1.82) is 0 Å². The monoisotopic (exact) mass is 254 g/mol. The molecule has 0 aromatic rings. The summed E-state index contributed by atoms with van der Waals surface area (Å²) in [5, 5.41) is 5.77. The van der Waals surface area contributed by atoms with Crippen LogP contribution in [0.3, 0.4) is 0 Å². The van der Waals surface area contributed by atoms with Gasteiger partial charge in [0.25, 0.3) is 0 Å². The van der Waals surface area contributed by atoms with Crippen molar-refractivity contribution in [3.8, 4) is 0 Å². The molecule has 5 heteroatoms. The predicted molar refractivity (Wildman–Crippen MR) is 67.1 cm³/mol. The zero-order chi connectivity index (χ0) is 13.4. The van der Waals surface area contributed by atoms with Gasteiger partial charge in [0, 0.05) is 12.5 Å². The van der Waals surface area contributed by atoms with E-state index in [2.05, 4.69) is 10.6 Å². The Bertz CT molecular complexity index is 352. The molecule has 0 bridgehead atoms. The van der Waals surface area contributed by atoms with Crippen molar-refractivity contribution in [3.05, 3.63) is 0 Å². The Kier molecular flexibility index (Phi) is 3.25. The Balaban J connectivity index is 1.73. The first-order chi connectivity index (χ1) is 8.30. The summed E-state index contributed by atoms with van der Waals surface area (Å²) in [5.41, 5.74) is -0.760. The van der Waals surface area contributed by atoms with Gasteiger partial charge in [-0.2, -0.15) is 0 Å². The summed E-state index contributed by atoms with van der Waals surface area (Å²) >= 11 is 0. The van der Waals surface area contributed by atoms with Crippen molar-refractivity contribution in [3.63, 3.8) is 0 Å². The van der Waals surface area contributed by atoms with E-state index in [1.165, 1.54) is 0 Å². The van der Waals surface area contributed by atoms with Crippen LogP contribution in [-0.2, 0) is 9.53 Å². The van der Waals surface area contributed by atoms with E-state index >= 15 is 0 Å². The quantitative estimate of drug-likeness (QED) is 0.800. The van der Waals surface area contributed by atoms with Gasteiger partial charge in [-0.15, -0.1) is 0 Å². The van der Waals surface area contributed by atoms with Crippen LogP contribution in [0.1, 0.15) is 46.5 Å². The van der Waals surface area contributed by atoms with Gasteiger partial charge in [0.15, 0.2) is 0 Å². The Morgan fingerprint density at radius 2 is 1.89 bits per heavy atom. The molecular weight excluding hydrogens is 232 g/mol. The topological polar surface area (TPSA) is 67.4 Å². The molecule has 18 heavy (non-hydrogen) atoms. The molecule has 0 radical (unpaired) electrons. The fourth-order valence-corrected chi connectivity index (χ4v) is 1.76. The molecule has 2 aliphatic rings. The summed E-state index contributed by atoms with van der Waals surface area (Å²) in [6.07, 6.45) is 3.39. The molecule has 0 unspecified atom stereocenters. The highest BCUT2D eigenvalue weighted by Gasteiger charge is 2.45. The first kappa shape index (κ1) is 13.2. The largest absolute Gasteiger partial charge is 0.444 e. The maximum Gasteiger partial charge on any atom is 0.408 e. The van der Waals surface area contributed by atoms with E-state index in [9.17, 15) is 9.59 Å². The summed E-state index contributed by atoms with van der Waals surface area (Å²) in [6, 6.07) is 0. The molecule has 2 amide bonds. The molecule has 0 saturated heterocycles. The van der Waals surface area contributed by atoms with E-state index in [1.54, 1.807) is 0 Å². The minimum Gasteiger partial charge on any atom is -0.444 e. The van der Waals surface area contributed by atoms with Gasteiger partial charge in [-0.3, -0.25) is 4.79 Å². The molecule has 0 aliphatic heterocycles. The molecule has 0 spiro atoms. The van der Waals surface area contributed by atoms with Crippen molar-refractivity contribution in [2.45, 2.75) is 57.6 Å². The van der Waals surface area contributed by atoms with Crippen molar-refractivity contribution >= 4 is 12.0 Å². The maximum absolute atomic E-state index is 11.7. The lowest BCUT2D eigenvalue weighted by atomic mass is 10.2. The third-order valence-corrected chi connectivity index (χ3v) is 3.17. The third kappa shape index (κ3) is 3.89. The molecule has 2 fully saturated rings. The Morgan fingerprint density at radius 1 is 1.28 bits per heavy atom. The first-order valence-corrected chi connectivity index (χ1v) is 6.59. The highest BCUT2D eigenvalue weighted by molar-refractivity contribution is 5.81. The van der Waals surface area contributed by atoms with Crippen LogP contribution in [0.4, 0.5) is 4.79 Å². The van der Waals surface area contributed by atoms with Gasteiger partial charge in [-0.1, -0.05) is 0 Å². The van der Waals surface area contributed by atoms with Gasteiger partial charge in [0.05, 0.1) is 5.54 Å². The molecule has 0 aromatic carbocycles. The Labute approximate surface area is 108 Å². The van der Waals surface area contributed by atoms with Gasteiger partial charge < -0.3 is 15.4 Å². The molecule has 0 atom stereocenters. The average molecular weight is 254 g/mol.